The SMILES string of the molecule is CCC(=O)NC1CCC(N(C)C(=O)CC)CC1. The third-order valence-corrected chi connectivity index (χ3v) is 3.63. The van der Waals surface area contributed by atoms with E-state index in [-0.39, 0.29) is 11.8 Å². The maximum atomic E-state index is 11.6. The monoisotopic (exact) mass is 240 g/mol. The van der Waals surface area contributed by atoms with Gasteiger partial charge in [0.1, 0.15) is 0 Å². The first kappa shape index (κ1) is 14.0. The van der Waals surface area contributed by atoms with Crippen molar-refractivity contribution in [3.63, 3.8) is 0 Å². The van der Waals surface area contributed by atoms with E-state index in [2.05, 4.69) is 5.32 Å². The molecule has 0 saturated heterocycles. The van der Waals surface area contributed by atoms with Gasteiger partial charge in [-0.15, -0.1) is 0 Å². The van der Waals surface area contributed by atoms with Crippen LogP contribution in [-0.2, 0) is 9.59 Å². The molecule has 2 amide bonds. The second-order valence-corrected chi connectivity index (χ2v) is 4.78. The molecule has 1 N–H and O–H groups in total. The van der Waals surface area contributed by atoms with Crippen molar-refractivity contribution in [3.05, 3.63) is 0 Å². The molecule has 0 radical (unpaired) electrons. The third kappa shape index (κ3) is 4.02. The fourth-order valence-corrected chi connectivity index (χ4v) is 2.39. The highest BCUT2D eigenvalue weighted by Crippen LogP contribution is 2.22. The van der Waals surface area contributed by atoms with Crippen LogP contribution in [-0.4, -0.2) is 35.8 Å². The van der Waals surface area contributed by atoms with Gasteiger partial charge in [0.05, 0.1) is 0 Å². The van der Waals surface area contributed by atoms with Crippen molar-refractivity contribution in [3.8, 4) is 0 Å². The lowest BCUT2D eigenvalue weighted by molar-refractivity contribution is -0.132. The average Bonchev–Trinajstić information content (AvgIpc) is 2.37. The predicted octanol–water partition coefficient (Wildman–Crippen LogP) is 1.69. The van der Waals surface area contributed by atoms with Crippen molar-refractivity contribution in [2.24, 2.45) is 0 Å². The summed E-state index contributed by atoms with van der Waals surface area (Å²) in [4.78, 5) is 24.7. The minimum atomic E-state index is 0.131. The molecule has 0 aromatic carbocycles. The summed E-state index contributed by atoms with van der Waals surface area (Å²) >= 11 is 0. The van der Waals surface area contributed by atoms with Crippen LogP contribution in [0.15, 0.2) is 0 Å². The molecule has 0 heterocycles. The lowest BCUT2D eigenvalue weighted by Crippen LogP contribution is -2.44. The molecule has 0 aromatic heterocycles. The molecule has 98 valence electrons. The zero-order chi connectivity index (χ0) is 12.8. The number of hydrogen-bond donors (Lipinski definition) is 1. The number of carbonyl (C=O) groups excluding carboxylic acids is 2. The summed E-state index contributed by atoms with van der Waals surface area (Å²) < 4.78 is 0. The fraction of sp³-hybridized carbons (Fsp3) is 0.846. The molecule has 4 nitrogen and oxygen atoms in total. The lowest BCUT2D eigenvalue weighted by atomic mass is 9.90. The van der Waals surface area contributed by atoms with Crippen LogP contribution >= 0.6 is 0 Å². The van der Waals surface area contributed by atoms with E-state index >= 15 is 0 Å². The highest BCUT2D eigenvalue weighted by molar-refractivity contribution is 5.76. The summed E-state index contributed by atoms with van der Waals surface area (Å²) in [7, 11) is 1.89. The Balaban J connectivity index is 2.35. The average molecular weight is 240 g/mol. The Kier molecular flexibility index (Phi) is 5.45. The van der Waals surface area contributed by atoms with Crippen molar-refractivity contribution in [2.75, 3.05) is 7.05 Å². The molecule has 0 spiro atoms. The normalized spacial score (nSPS) is 24.2. The minimum Gasteiger partial charge on any atom is -0.353 e. The second kappa shape index (κ2) is 6.62. The van der Waals surface area contributed by atoms with E-state index in [9.17, 15) is 9.59 Å². The van der Waals surface area contributed by atoms with Crippen LogP contribution in [0.4, 0.5) is 0 Å². The molecule has 17 heavy (non-hydrogen) atoms. The van der Waals surface area contributed by atoms with Gasteiger partial charge >= 0.3 is 0 Å². The molecule has 0 atom stereocenters. The van der Waals surface area contributed by atoms with Gasteiger partial charge in [-0.25, -0.2) is 0 Å². The zero-order valence-electron chi connectivity index (χ0n) is 11.2. The van der Waals surface area contributed by atoms with E-state index in [1.54, 1.807) is 0 Å². The number of nitrogens with zero attached hydrogens (tertiary/aromatic N) is 1. The first-order valence-electron chi connectivity index (χ1n) is 6.63. The Labute approximate surface area is 104 Å². The summed E-state index contributed by atoms with van der Waals surface area (Å²) in [5.41, 5.74) is 0. The Morgan fingerprint density at radius 2 is 1.71 bits per heavy atom. The van der Waals surface area contributed by atoms with Crippen LogP contribution in [0.2, 0.25) is 0 Å². The van der Waals surface area contributed by atoms with E-state index < -0.39 is 0 Å². The Morgan fingerprint density at radius 1 is 1.12 bits per heavy atom. The van der Waals surface area contributed by atoms with Crippen molar-refractivity contribution >= 4 is 11.8 Å². The molecular weight excluding hydrogens is 216 g/mol. The van der Waals surface area contributed by atoms with Gasteiger partial charge in [-0.3, -0.25) is 9.59 Å². The Bertz CT molecular complexity index is 271. The van der Waals surface area contributed by atoms with Crippen molar-refractivity contribution < 1.29 is 9.59 Å². The van der Waals surface area contributed by atoms with Gasteiger partial charge in [-0.2, -0.15) is 0 Å². The van der Waals surface area contributed by atoms with E-state index in [0.29, 0.717) is 24.9 Å². The van der Waals surface area contributed by atoms with Crippen LogP contribution < -0.4 is 5.32 Å². The van der Waals surface area contributed by atoms with Gasteiger partial charge in [0, 0.05) is 32.0 Å². The van der Waals surface area contributed by atoms with Gasteiger partial charge in [-0.1, -0.05) is 13.8 Å². The summed E-state index contributed by atoms with van der Waals surface area (Å²) in [6, 6.07) is 0.668. The fourth-order valence-electron chi connectivity index (χ4n) is 2.39. The molecule has 1 aliphatic rings. The number of amides is 2. The molecule has 4 heteroatoms. The molecule has 1 aliphatic carbocycles. The largest absolute Gasteiger partial charge is 0.353 e. The molecular formula is C13H24N2O2. The maximum Gasteiger partial charge on any atom is 0.222 e. The van der Waals surface area contributed by atoms with Crippen LogP contribution in [0.25, 0.3) is 0 Å². The maximum absolute atomic E-state index is 11.6. The Morgan fingerprint density at radius 3 is 2.18 bits per heavy atom. The number of hydrogen-bond acceptors (Lipinski definition) is 2. The first-order valence-corrected chi connectivity index (χ1v) is 6.63. The smallest absolute Gasteiger partial charge is 0.222 e. The molecule has 0 aromatic rings. The van der Waals surface area contributed by atoms with Gasteiger partial charge in [-0.05, 0) is 25.7 Å². The highest BCUT2D eigenvalue weighted by Gasteiger charge is 2.26. The van der Waals surface area contributed by atoms with Gasteiger partial charge in [0.25, 0.3) is 0 Å². The van der Waals surface area contributed by atoms with Crippen LogP contribution in [0.5, 0.6) is 0 Å². The van der Waals surface area contributed by atoms with Crippen molar-refractivity contribution in [1.82, 2.24) is 10.2 Å². The van der Waals surface area contributed by atoms with Crippen LogP contribution in [0.3, 0.4) is 0 Å². The highest BCUT2D eigenvalue weighted by atomic mass is 16.2. The third-order valence-electron chi connectivity index (χ3n) is 3.63. The second-order valence-electron chi connectivity index (χ2n) is 4.78. The minimum absolute atomic E-state index is 0.131. The topological polar surface area (TPSA) is 49.4 Å². The molecule has 1 saturated carbocycles. The number of carbonyl (C=O) groups is 2. The van der Waals surface area contributed by atoms with Crippen molar-refractivity contribution in [1.29, 1.82) is 0 Å². The van der Waals surface area contributed by atoms with Crippen LogP contribution in [0, 0.1) is 0 Å². The number of nitrogens with one attached hydrogen (secondary N) is 1. The van der Waals surface area contributed by atoms with Crippen molar-refractivity contribution in [2.45, 2.75) is 64.5 Å². The predicted molar refractivity (Wildman–Crippen MR) is 67.5 cm³/mol. The van der Waals surface area contributed by atoms with E-state index in [4.69, 9.17) is 0 Å². The standard InChI is InChI=1S/C13H24N2O2/c1-4-12(16)14-10-6-8-11(9-7-10)15(3)13(17)5-2/h10-11H,4-9H2,1-3H3,(H,14,16). The number of rotatable bonds is 4. The Hall–Kier alpha value is -1.06. The van der Waals surface area contributed by atoms with E-state index in [0.717, 1.165) is 25.7 Å². The molecule has 0 bridgehead atoms. The summed E-state index contributed by atoms with van der Waals surface area (Å²) in [5, 5.41) is 3.03. The quantitative estimate of drug-likeness (QED) is 0.813. The molecule has 1 fully saturated rings. The molecule has 0 unspecified atom stereocenters. The van der Waals surface area contributed by atoms with Gasteiger partial charge in [0.15, 0.2) is 0 Å². The molecule has 1 rings (SSSR count). The molecule has 0 aliphatic heterocycles. The summed E-state index contributed by atoms with van der Waals surface area (Å²) in [6.45, 7) is 3.76. The summed E-state index contributed by atoms with van der Waals surface area (Å²) in [6.07, 6.45) is 5.08. The lowest BCUT2D eigenvalue weighted by Gasteiger charge is -2.34. The van der Waals surface area contributed by atoms with Gasteiger partial charge in [0.2, 0.25) is 11.8 Å². The first-order chi connectivity index (χ1) is 8.08. The van der Waals surface area contributed by atoms with E-state index in [1.807, 2.05) is 25.8 Å². The van der Waals surface area contributed by atoms with Gasteiger partial charge < -0.3 is 10.2 Å². The van der Waals surface area contributed by atoms with Crippen LogP contribution in [0.1, 0.15) is 52.4 Å². The summed E-state index contributed by atoms with van der Waals surface area (Å²) in [5.74, 6) is 0.345. The zero-order valence-corrected chi connectivity index (χ0v) is 11.2. The van der Waals surface area contributed by atoms with E-state index in [1.165, 1.54) is 0 Å².